The molecule has 0 unspecified atom stereocenters. The van der Waals surface area contributed by atoms with Gasteiger partial charge in [0, 0.05) is 17.7 Å². The maximum absolute atomic E-state index is 12.5. The molecule has 1 aromatic carbocycles. The van der Waals surface area contributed by atoms with Crippen molar-refractivity contribution in [3.63, 3.8) is 0 Å². The molecule has 0 spiro atoms. The summed E-state index contributed by atoms with van der Waals surface area (Å²) in [7, 11) is 0. The second kappa shape index (κ2) is 5.90. The Morgan fingerprint density at radius 3 is 2.86 bits per heavy atom. The van der Waals surface area contributed by atoms with Gasteiger partial charge in [0.05, 0.1) is 5.25 Å². The highest BCUT2D eigenvalue weighted by Gasteiger charge is 2.21. The average Bonchev–Trinajstić information content (AvgIpc) is 2.96. The van der Waals surface area contributed by atoms with E-state index in [2.05, 4.69) is 6.07 Å². The van der Waals surface area contributed by atoms with Crippen LogP contribution < -0.4 is 4.73 Å². The molecule has 1 aliphatic carbocycles. The Balaban J connectivity index is 1.77. The van der Waals surface area contributed by atoms with E-state index >= 15 is 0 Å². The summed E-state index contributed by atoms with van der Waals surface area (Å²) in [6, 6.07) is 11.2. The van der Waals surface area contributed by atoms with E-state index in [1.165, 1.54) is 35.5 Å². The predicted molar refractivity (Wildman–Crippen MR) is 83.5 cm³/mol. The molecule has 1 atom stereocenters. The minimum Gasteiger partial charge on any atom is -0.618 e. The lowest BCUT2D eigenvalue weighted by atomic mass is 10.0. The van der Waals surface area contributed by atoms with Crippen molar-refractivity contribution in [2.75, 3.05) is 0 Å². The van der Waals surface area contributed by atoms with Crippen molar-refractivity contribution >= 4 is 17.5 Å². The molecular weight excluding hydrogens is 282 g/mol. The third-order valence-corrected chi connectivity index (χ3v) is 4.96. The average molecular weight is 299 g/mol. The van der Waals surface area contributed by atoms with Crippen LogP contribution in [0.5, 0.6) is 0 Å². The van der Waals surface area contributed by atoms with E-state index in [0.717, 1.165) is 23.1 Å². The molecule has 0 bridgehead atoms. The molecule has 0 aliphatic heterocycles. The fraction of sp³-hybridized carbons (Fsp3) is 0.294. The molecule has 1 aliphatic rings. The molecule has 2 aromatic rings. The van der Waals surface area contributed by atoms with Crippen LogP contribution in [-0.4, -0.2) is 11.0 Å². The summed E-state index contributed by atoms with van der Waals surface area (Å²) in [6.45, 7) is 1.85. The summed E-state index contributed by atoms with van der Waals surface area (Å²) in [5, 5.41) is 11.9. The van der Waals surface area contributed by atoms with Gasteiger partial charge in [-0.05, 0) is 61.2 Å². The molecule has 0 radical (unpaired) electrons. The number of thioether (sulfide) groups is 1. The fourth-order valence-corrected chi connectivity index (χ4v) is 3.63. The lowest BCUT2D eigenvalue weighted by Gasteiger charge is -2.11. The smallest absolute Gasteiger partial charge is 0.252 e. The Bertz CT molecular complexity index is 684. The number of fused-ring (bicyclic) bond motifs is 1. The Kier molecular flexibility index (Phi) is 3.97. The lowest BCUT2D eigenvalue weighted by molar-refractivity contribution is -0.645. The summed E-state index contributed by atoms with van der Waals surface area (Å²) in [6.07, 6.45) is 4.82. The molecule has 108 valence electrons. The van der Waals surface area contributed by atoms with Crippen LogP contribution in [0.4, 0.5) is 0 Å². The maximum atomic E-state index is 12.5. The van der Waals surface area contributed by atoms with Crippen molar-refractivity contribution in [1.82, 2.24) is 0 Å². The van der Waals surface area contributed by atoms with Crippen molar-refractivity contribution < 1.29 is 9.52 Å². The molecule has 0 N–H and O–H groups in total. The van der Waals surface area contributed by atoms with Crippen molar-refractivity contribution in [2.24, 2.45) is 0 Å². The molecule has 4 heteroatoms. The van der Waals surface area contributed by atoms with Crippen LogP contribution in [0.25, 0.3) is 0 Å². The van der Waals surface area contributed by atoms with Crippen LogP contribution in [0.1, 0.15) is 34.8 Å². The van der Waals surface area contributed by atoms with Crippen LogP contribution in [0.15, 0.2) is 47.6 Å². The predicted octanol–water partition coefficient (Wildman–Crippen LogP) is 3.17. The first-order chi connectivity index (χ1) is 10.1. The third kappa shape index (κ3) is 2.95. The van der Waals surface area contributed by atoms with E-state index in [4.69, 9.17) is 0 Å². The zero-order chi connectivity index (χ0) is 14.8. The number of rotatable bonds is 4. The fourth-order valence-electron chi connectivity index (χ4n) is 2.70. The van der Waals surface area contributed by atoms with Crippen LogP contribution in [0.3, 0.4) is 0 Å². The first-order valence-electron chi connectivity index (χ1n) is 7.16. The molecule has 0 fully saturated rings. The Labute approximate surface area is 128 Å². The van der Waals surface area contributed by atoms with Gasteiger partial charge in [0.2, 0.25) is 0 Å². The molecule has 21 heavy (non-hydrogen) atoms. The first kappa shape index (κ1) is 14.1. The minimum absolute atomic E-state index is 0.0820. The van der Waals surface area contributed by atoms with E-state index in [0.29, 0.717) is 5.03 Å². The number of hydrogen-bond donors (Lipinski definition) is 0. The highest BCUT2D eigenvalue weighted by molar-refractivity contribution is 8.00. The number of aryl methyl sites for hydroxylation is 2. The molecular formula is C17H17NO2S. The van der Waals surface area contributed by atoms with Crippen LogP contribution in [0.2, 0.25) is 0 Å². The van der Waals surface area contributed by atoms with Crippen LogP contribution >= 0.6 is 11.8 Å². The van der Waals surface area contributed by atoms with Gasteiger partial charge in [-0.3, -0.25) is 4.79 Å². The van der Waals surface area contributed by atoms with E-state index < -0.39 is 0 Å². The highest BCUT2D eigenvalue weighted by atomic mass is 32.2. The van der Waals surface area contributed by atoms with Gasteiger partial charge >= 0.3 is 0 Å². The standard InChI is InChI=1S/C17H17NO2S/c1-12(21-16-7-2-3-10-18(16)20)17(19)15-9-8-13-5-4-6-14(13)11-15/h2-3,7-12H,4-6H2,1H3/t12-/m0/s1. The number of carbonyl (C=O) groups excluding carboxylic acids is 1. The van der Waals surface area contributed by atoms with Crippen molar-refractivity contribution in [3.05, 3.63) is 64.5 Å². The molecule has 3 nitrogen and oxygen atoms in total. The third-order valence-electron chi connectivity index (χ3n) is 3.84. The van der Waals surface area contributed by atoms with Gasteiger partial charge < -0.3 is 5.21 Å². The Hall–Kier alpha value is -1.81. The SMILES string of the molecule is C[C@H](Sc1cccc[n+]1[O-])C(=O)c1ccc2c(c1)CCC2. The van der Waals surface area contributed by atoms with E-state index in [9.17, 15) is 10.0 Å². The van der Waals surface area contributed by atoms with Crippen molar-refractivity contribution in [1.29, 1.82) is 0 Å². The van der Waals surface area contributed by atoms with Gasteiger partial charge in [-0.15, -0.1) is 0 Å². The van der Waals surface area contributed by atoms with Gasteiger partial charge in [0.15, 0.2) is 12.0 Å². The summed E-state index contributed by atoms with van der Waals surface area (Å²) in [5.41, 5.74) is 3.42. The number of hydrogen-bond acceptors (Lipinski definition) is 3. The monoisotopic (exact) mass is 299 g/mol. The van der Waals surface area contributed by atoms with Gasteiger partial charge in [0.25, 0.3) is 5.03 Å². The number of Topliss-reactive ketones (excluding diaryl/α,β-unsaturated/α-hetero) is 1. The largest absolute Gasteiger partial charge is 0.618 e. The van der Waals surface area contributed by atoms with E-state index in [1.807, 2.05) is 25.1 Å². The second-order valence-corrected chi connectivity index (χ2v) is 6.69. The van der Waals surface area contributed by atoms with Gasteiger partial charge in [-0.1, -0.05) is 12.1 Å². The molecule has 1 heterocycles. The molecule has 0 amide bonds. The number of aromatic nitrogens is 1. The summed E-state index contributed by atoms with van der Waals surface area (Å²) < 4.78 is 0.803. The zero-order valence-corrected chi connectivity index (χ0v) is 12.7. The minimum atomic E-state index is -0.271. The summed E-state index contributed by atoms with van der Waals surface area (Å²) in [5.74, 6) is 0.0820. The number of carbonyl (C=O) groups is 1. The van der Waals surface area contributed by atoms with Crippen molar-refractivity contribution in [3.8, 4) is 0 Å². The van der Waals surface area contributed by atoms with Crippen LogP contribution in [-0.2, 0) is 12.8 Å². The second-order valence-electron chi connectivity index (χ2n) is 5.33. The van der Waals surface area contributed by atoms with Gasteiger partial charge in [-0.25, -0.2) is 0 Å². The quantitative estimate of drug-likeness (QED) is 0.377. The van der Waals surface area contributed by atoms with Gasteiger partial charge in [0.1, 0.15) is 0 Å². The molecule has 0 saturated carbocycles. The highest BCUT2D eigenvalue weighted by Crippen LogP contribution is 2.26. The normalized spacial score (nSPS) is 14.7. The number of pyridine rings is 1. The van der Waals surface area contributed by atoms with Crippen molar-refractivity contribution in [2.45, 2.75) is 36.5 Å². The Morgan fingerprint density at radius 2 is 2.05 bits per heavy atom. The lowest BCUT2D eigenvalue weighted by Crippen LogP contribution is -2.29. The molecule has 3 rings (SSSR count). The zero-order valence-electron chi connectivity index (χ0n) is 11.9. The number of benzene rings is 1. The first-order valence-corrected chi connectivity index (χ1v) is 8.04. The summed E-state index contributed by atoms with van der Waals surface area (Å²) >= 11 is 1.31. The van der Waals surface area contributed by atoms with E-state index in [-0.39, 0.29) is 11.0 Å². The maximum Gasteiger partial charge on any atom is 0.252 e. The topological polar surface area (TPSA) is 44.0 Å². The number of ketones is 1. The Morgan fingerprint density at radius 1 is 1.24 bits per heavy atom. The van der Waals surface area contributed by atoms with Crippen LogP contribution in [0, 0.1) is 5.21 Å². The van der Waals surface area contributed by atoms with Gasteiger partial charge in [-0.2, -0.15) is 4.73 Å². The van der Waals surface area contributed by atoms with E-state index in [1.54, 1.807) is 12.1 Å². The molecule has 1 aromatic heterocycles. The molecule has 0 saturated heterocycles. The number of nitrogens with zero attached hydrogens (tertiary/aromatic N) is 1. The summed E-state index contributed by atoms with van der Waals surface area (Å²) in [4.78, 5) is 12.5.